The van der Waals surface area contributed by atoms with E-state index in [9.17, 15) is 9.59 Å². The van der Waals surface area contributed by atoms with E-state index in [0.717, 1.165) is 40.2 Å². The number of carbonyl (C=O) groups is 2. The minimum Gasteiger partial charge on any atom is -0.496 e. The van der Waals surface area contributed by atoms with E-state index < -0.39 is 5.91 Å². The molecular formula is C18H18N2O3S2. The fourth-order valence-electron chi connectivity index (χ4n) is 3.41. The fraction of sp³-hybridized carbons (Fsp3) is 0.389. The molecule has 0 radical (unpaired) electrons. The number of fused-ring (bicyclic) bond motifs is 2. The van der Waals surface area contributed by atoms with E-state index in [2.05, 4.69) is 10.3 Å². The molecule has 0 saturated heterocycles. The first-order chi connectivity index (χ1) is 12.2. The monoisotopic (exact) mass is 374 g/mol. The Kier molecular flexibility index (Phi) is 4.52. The summed E-state index contributed by atoms with van der Waals surface area (Å²) in [6.07, 6.45) is 7.07. The Labute approximate surface area is 153 Å². The number of anilines is 1. The summed E-state index contributed by atoms with van der Waals surface area (Å²) in [4.78, 5) is 29.7. The zero-order chi connectivity index (χ0) is 17.4. The topological polar surface area (TPSA) is 68.3 Å². The summed E-state index contributed by atoms with van der Waals surface area (Å²) in [6.45, 7) is 0. The maximum Gasteiger partial charge on any atom is 0.262 e. The maximum atomic E-state index is 12.6. The summed E-state index contributed by atoms with van der Waals surface area (Å²) in [6, 6.07) is 5.58. The number of nitrogens with one attached hydrogen (secondary N) is 1. The van der Waals surface area contributed by atoms with Crippen LogP contribution in [0, 0.1) is 5.92 Å². The van der Waals surface area contributed by atoms with E-state index in [1.165, 1.54) is 6.26 Å². The highest BCUT2D eigenvalue weighted by molar-refractivity contribution is 8.00. The van der Waals surface area contributed by atoms with Crippen LogP contribution in [0.25, 0.3) is 10.2 Å². The molecule has 2 aromatic rings. The molecule has 1 aromatic carbocycles. The lowest BCUT2D eigenvalue weighted by Crippen LogP contribution is -2.39. The fourth-order valence-corrected chi connectivity index (χ4v) is 4.93. The van der Waals surface area contributed by atoms with Gasteiger partial charge in [-0.15, -0.1) is 11.3 Å². The molecule has 0 bridgehead atoms. The van der Waals surface area contributed by atoms with Gasteiger partial charge >= 0.3 is 0 Å². The van der Waals surface area contributed by atoms with Gasteiger partial charge in [-0.25, -0.2) is 4.98 Å². The highest BCUT2D eigenvalue weighted by atomic mass is 32.2. The van der Waals surface area contributed by atoms with Crippen LogP contribution in [0.4, 0.5) is 5.69 Å². The number of ether oxygens (including phenoxy) is 1. The number of thiazole rings is 1. The molecule has 4 rings (SSSR count). The van der Waals surface area contributed by atoms with Gasteiger partial charge in [0.05, 0.1) is 22.4 Å². The average Bonchev–Trinajstić information content (AvgIpc) is 3.04. The number of carbonyl (C=O) groups excluding carboxylic acids is 2. The molecule has 2 unspecified atom stereocenters. The van der Waals surface area contributed by atoms with Gasteiger partial charge in [0.25, 0.3) is 5.91 Å². The van der Waals surface area contributed by atoms with Crippen molar-refractivity contribution >= 4 is 50.7 Å². The van der Waals surface area contributed by atoms with E-state index in [-0.39, 0.29) is 23.4 Å². The Hall–Kier alpha value is -1.86. The van der Waals surface area contributed by atoms with Crippen LogP contribution < -0.4 is 5.32 Å². The van der Waals surface area contributed by atoms with Crippen LogP contribution in [-0.2, 0) is 14.3 Å². The van der Waals surface area contributed by atoms with Crippen LogP contribution in [0.3, 0.4) is 0 Å². The maximum absolute atomic E-state index is 12.6. The summed E-state index contributed by atoms with van der Waals surface area (Å²) >= 11 is 3.18. The second kappa shape index (κ2) is 6.80. The van der Waals surface area contributed by atoms with Gasteiger partial charge in [-0.05, 0) is 43.7 Å². The van der Waals surface area contributed by atoms with Gasteiger partial charge < -0.3 is 10.1 Å². The molecule has 7 heteroatoms. The molecule has 2 atom stereocenters. The van der Waals surface area contributed by atoms with Crippen LogP contribution >= 0.6 is 23.1 Å². The zero-order valence-corrected chi connectivity index (χ0v) is 15.4. The first-order valence-electron chi connectivity index (χ1n) is 8.31. The third kappa shape index (κ3) is 3.18. The zero-order valence-electron chi connectivity index (χ0n) is 13.8. The van der Waals surface area contributed by atoms with Crippen molar-refractivity contribution in [2.24, 2.45) is 5.92 Å². The number of rotatable bonds is 3. The lowest BCUT2D eigenvalue weighted by Gasteiger charge is -2.33. The Morgan fingerprint density at radius 1 is 1.36 bits per heavy atom. The summed E-state index contributed by atoms with van der Waals surface area (Å²) in [5.74, 6) is -0.660. The molecule has 2 aliphatic rings. The van der Waals surface area contributed by atoms with Crippen molar-refractivity contribution in [1.29, 1.82) is 0 Å². The third-order valence-corrected chi connectivity index (χ3v) is 6.71. The lowest BCUT2D eigenvalue weighted by molar-refractivity contribution is -0.129. The quantitative estimate of drug-likeness (QED) is 0.650. The number of amides is 1. The molecular weight excluding hydrogens is 356 g/mol. The molecule has 1 N–H and O–H groups in total. The summed E-state index contributed by atoms with van der Waals surface area (Å²) in [5, 5.41) is 2.82. The summed E-state index contributed by atoms with van der Waals surface area (Å²) in [7, 11) is 0. The van der Waals surface area contributed by atoms with Crippen LogP contribution in [0.1, 0.15) is 25.7 Å². The van der Waals surface area contributed by atoms with Gasteiger partial charge in [-0.1, -0.05) is 18.2 Å². The van der Waals surface area contributed by atoms with E-state index in [1.54, 1.807) is 23.1 Å². The first kappa shape index (κ1) is 16.6. The largest absolute Gasteiger partial charge is 0.496 e. The number of nitrogens with zero attached hydrogens (tertiary/aromatic N) is 1. The Morgan fingerprint density at radius 3 is 3.04 bits per heavy atom. The van der Waals surface area contributed by atoms with Gasteiger partial charge in [0.1, 0.15) is 11.7 Å². The molecule has 5 nitrogen and oxygen atoms in total. The highest BCUT2D eigenvalue weighted by Crippen LogP contribution is 2.34. The first-order valence-corrected chi connectivity index (χ1v) is 10.4. The van der Waals surface area contributed by atoms with Crippen molar-refractivity contribution in [3.63, 3.8) is 0 Å². The van der Waals surface area contributed by atoms with Crippen LogP contribution in [0.5, 0.6) is 0 Å². The van der Waals surface area contributed by atoms with Gasteiger partial charge in [0.15, 0.2) is 10.1 Å². The summed E-state index contributed by atoms with van der Waals surface area (Å²) in [5.41, 5.74) is 1.69. The highest BCUT2D eigenvalue weighted by Gasteiger charge is 2.39. The summed E-state index contributed by atoms with van der Waals surface area (Å²) < 4.78 is 7.65. The SMILES string of the molecule is CSc1nc2ccc(NC(=O)C3=COC4CCCCC4C3=O)cc2s1. The Balaban J connectivity index is 1.53. The Morgan fingerprint density at radius 2 is 2.20 bits per heavy atom. The van der Waals surface area contributed by atoms with Gasteiger partial charge in [0.2, 0.25) is 0 Å². The molecule has 2 heterocycles. The Bertz CT molecular complexity index is 874. The van der Waals surface area contributed by atoms with Gasteiger partial charge in [0, 0.05) is 5.69 Å². The van der Waals surface area contributed by atoms with E-state index in [4.69, 9.17) is 4.74 Å². The predicted octanol–water partition coefficient (Wildman–Crippen LogP) is 4.00. The standard InChI is InChI=1S/C18H18N2O3S2/c1-24-18-20-13-7-6-10(8-15(13)25-18)19-17(22)12-9-23-14-5-3-2-4-11(14)16(12)21/h6-9,11,14H,2-5H2,1H3,(H,19,22). The molecule has 1 amide bonds. The van der Waals surface area contributed by atoms with Crippen molar-refractivity contribution in [3.05, 3.63) is 30.0 Å². The van der Waals surface area contributed by atoms with Crippen LogP contribution in [-0.4, -0.2) is 29.0 Å². The molecule has 1 aliphatic carbocycles. The molecule has 1 aliphatic heterocycles. The number of hydrogen-bond acceptors (Lipinski definition) is 6. The van der Waals surface area contributed by atoms with Crippen LogP contribution in [0.2, 0.25) is 0 Å². The van der Waals surface area contributed by atoms with Crippen molar-refractivity contribution in [3.8, 4) is 0 Å². The number of thioether (sulfide) groups is 1. The third-order valence-electron chi connectivity index (χ3n) is 4.71. The molecule has 1 aromatic heterocycles. The number of benzene rings is 1. The molecule has 1 fully saturated rings. The van der Waals surface area contributed by atoms with Gasteiger partial charge in [-0.3, -0.25) is 9.59 Å². The number of Topliss-reactive ketones (excluding diaryl/α,β-unsaturated/α-hetero) is 1. The second-order valence-electron chi connectivity index (χ2n) is 6.28. The van der Waals surface area contributed by atoms with Gasteiger partial charge in [-0.2, -0.15) is 0 Å². The average molecular weight is 374 g/mol. The minimum absolute atomic E-state index is 0.0590. The number of ketones is 1. The normalized spacial score (nSPS) is 22.9. The van der Waals surface area contributed by atoms with E-state index >= 15 is 0 Å². The second-order valence-corrected chi connectivity index (χ2v) is 8.37. The van der Waals surface area contributed by atoms with Crippen molar-refractivity contribution in [2.45, 2.75) is 36.1 Å². The number of hydrogen-bond donors (Lipinski definition) is 1. The molecule has 25 heavy (non-hydrogen) atoms. The van der Waals surface area contributed by atoms with Crippen LogP contribution in [0.15, 0.2) is 34.4 Å². The van der Waals surface area contributed by atoms with E-state index in [1.807, 2.05) is 24.5 Å². The van der Waals surface area contributed by atoms with E-state index in [0.29, 0.717) is 5.69 Å². The predicted molar refractivity (Wildman–Crippen MR) is 100.0 cm³/mol. The minimum atomic E-state index is -0.400. The number of aromatic nitrogens is 1. The molecule has 1 saturated carbocycles. The van der Waals surface area contributed by atoms with Crippen molar-refractivity contribution in [2.75, 3.05) is 11.6 Å². The molecule has 130 valence electrons. The van der Waals surface area contributed by atoms with Crippen molar-refractivity contribution < 1.29 is 14.3 Å². The van der Waals surface area contributed by atoms with Crippen molar-refractivity contribution in [1.82, 2.24) is 4.98 Å². The lowest BCUT2D eigenvalue weighted by atomic mass is 9.80. The molecule has 0 spiro atoms. The smallest absolute Gasteiger partial charge is 0.262 e.